The molecule has 1 aromatic rings. The molecule has 1 aromatic heterocycles. The SMILES string of the molecule is CCCNC(=O)CCc1cscn1. The van der Waals surface area contributed by atoms with Crippen molar-refractivity contribution >= 4 is 17.2 Å². The van der Waals surface area contributed by atoms with E-state index in [0.717, 1.165) is 25.1 Å². The summed E-state index contributed by atoms with van der Waals surface area (Å²) in [5.74, 6) is 0.120. The zero-order valence-electron chi connectivity index (χ0n) is 7.75. The third kappa shape index (κ3) is 4.03. The van der Waals surface area contributed by atoms with Gasteiger partial charge in [0.05, 0.1) is 11.2 Å². The second-order valence-corrected chi connectivity index (χ2v) is 3.55. The maximum absolute atomic E-state index is 11.2. The molecular formula is C9H14N2OS. The molecule has 0 aliphatic rings. The van der Waals surface area contributed by atoms with Crippen LogP contribution in [0.2, 0.25) is 0 Å². The fraction of sp³-hybridized carbons (Fsp3) is 0.556. The van der Waals surface area contributed by atoms with Gasteiger partial charge in [0.2, 0.25) is 5.91 Å². The number of nitrogens with one attached hydrogen (secondary N) is 1. The summed E-state index contributed by atoms with van der Waals surface area (Å²) in [6, 6.07) is 0. The molecule has 0 radical (unpaired) electrons. The molecule has 3 nitrogen and oxygen atoms in total. The summed E-state index contributed by atoms with van der Waals surface area (Å²) in [6.45, 7) is 2.82. The fourth-order valence-electron chi connectivity index (χ4n) is 0.955. The molecule has 0 aliphatic heterocycles. The van der Waals surface area contributed by atoms with E-state index in [1.165, 1.54) is 0 Å². The van der Waals surface area contributed by atoms with Crippen LogP contribution in [-0.2, 0) is 11.2 Å². The van der Waals surface area contributed by atoms with Crippen molar-refractivity contribution in [3.63, 3.8) is 0 Å². The summed E-state index contributed by atoms with van der Waals surface area (Å²) in [5.41, 5.74) is 2.80. The molecule has 0 fully saturated rings. The molecule has 1 N–H and O–H groups in total. The van der Waals surface area contributed by atoms with E-state index in [4.69, 9.17) is 0 Å². The molecule has 4 heteroatoms. The van der Waals surface area contributed by atoms with E-state index in [1.807, 2.05) is 12.3 Å². The van der Waals surface area contributed by atoms with Crippen molar-refractivity contribution in [2.45, 2.75) is 26.2 Å². The van der Waals surface area contributed by atoms with Crippen LogP contribution in [0.3, 0.4) is 0 Å². The molecule has 0 spiro atoms. The number of carbonyl (C=O) groups is 1. The lowest BCUT2D eigenvalue weighted by Gasteiger charge is -2.01. The number of nitrogens with zero attached hydrogens (tertiary/aromatic N) is 1. The number of rotatable bonds is 5. The molecule has 0 saturated carbocycles. The first-order valence-electron chi connectivity index (χ1n) is 4.46. The molecule has 72 valence electrons. The minimum atomic E-state index is 0.120. The van der Waals surface area contributed by atoms with Gasteiger partial charge in [-0.3, -0.25) is 4.79 Å². The van der Waals surface area contributed by atoms with E-state index >= 15 is 0 Å². The Labute approximate surface area is 82.2 Å². The molecule has 1 amide bonds. The first kappa shape index (κ1) is 10.2. The smallest absolute Gasteiger partial charge is 0.220 e. The van der Waals surface area contributed by atoms with Gasteiger partial charge in [0.1, 0.15) is 0 Å². The molecule has 0 atom stereocenters. The van der Waals surface area contributed by atoms with Gasteiger partial charge in [0, 0.05) is 18.3 Å². The topological polar surface area (TPSA) is 42.0 Å². The van der Waals surface area contributed by atoms with Gasteiger partial charge in [-0.05, 0) is 12.8 Å². The van der Waals surface area contributed by atoms with Crippen molar-refractivity contribution in [2.24, 2.45) is 0 Å². The number of hydrogen-bond acceptors (Lipinski definition) is 3. The van der Waals surface area contributed by atoms with Crippen molar-refractivity contribution in [2.75, 3.05) is 6.54 Å². The lowest BCUT2D eigenvalue weighted by atomic mass is 10.2. The van der Waals surface area contributed by atoms with Crippen molar-refractivity contribution in [3.05, 3.63) is 16.6 Å². The largest absolute Gasteiger partial charge is 0.356 e. The first-order chi connectivity index (χ1) is 6.33. The Morgan fingerprint density at radius 2 is 2.54 bits per heavy atom. The average molecular weight is 198 g/mol. The molecule has 0 saturated heterocycles. The zero-order valence-corrected chi connectivity index (χ0v) is 8.56. The summed E-state index contributed by atoms with van der Waals surface area (Å²) < 4.78 is 0. The summed E-state index contributed by atoms with van der Waals surface area (Å²) in [4.78, 5) is 15.3. The number of aromatic nitrogens is 1. The quantitative estimate of drug-likeness (QED) is 0.781. The van der Waals surface area contributed by atoms with Crippen molar-refractivity contribution < 1.29 is 4.79 Å². The van der Waals surface area contributed by atoms with Gasteiger partial charge in [-0.15, -0.1) is 11.3 Å². The molecule has 0 aliphatic carbocycles. The molecule has 0 aromatic carbocycles. The summed E-state index contributed by atoms with van der Waals surface area (Å²) in [7, 11) is 0. The Morgan fingerprint density at radius 3 is 3.15 bits per heavy atom. The molecule has 0 bridgehead atoms. The first-order valence-corrected chi connectivity index (χ1v) is 5.41. The third-order valence-corrected chi connectivity index (χ3v) is 2.30. The van der Waals surface area contributed by atoms with Gasteiger partial charge >= 0.3 is 0 Å². The second-order valence-electron chi connectivity index (χ2n) is 2.83. The van der Waals surface area contributed by atoms with Crippen LogP contribution in [0.1, 0.15) is 25.5 Å². The summed E-state index contributed by atoms with van der Waals surface area (Å²) in [6.07, 6.45) is 2.28. The van der Waals surface area contributed by atoms with E-state index in [-0.39, 0.29) is 5.91 Å². The maximum atomic E-state index is 11.2. The van der Waals surface area contributed by atoms with Crippen LogP contribution in [-0.4, -0.2) is 17.4 Å². The van der Waals surface area contributed by atoms with Gasteiger partial charge in [-0.2, -0.15) is 0 Å². The highest BCUT2D eigenvalue weighted by Gasteiger charge is 2.01. The second kappa shape index (κ2) is 5.70. The highest BCUT2D eigenvalue weighted by atomic mass is 32.1. The fourth-order valence-corrected chi connectivity index (χ4v) is 1.55. The Bertz CT molecular complexity index is 246. The highest BCUT2D eigenvalue weighted by molar-refractivity contribution is 7.07. The van der Waals surface area contributed by atoms with Crippen LogP contribution in [0.25, 0.3) is 0 Å². The molecule has 1 heterocycles. The minimum Gasteiger partial charge on any atom is -0.356 e. The number of thiazole rings is 1. The van der Waals surface area contributed by atoms with Crippen LogP contribution in [0.4, 0.5) is 0 Å². The Kier molecular flexibility index (Phi) is 4.46. The molecule has 0 unspecified atom stereocenters. The lowest BCUT2D eigenvalue weighted by Crippen LogP contribution is -2.24. The Hall–Kier alpha value is -0.900. The molecule has 1 rings (SSSR count). The van der Waals surface area contributed by atoms with E-state index < -0.39 is 0 Å². The molecular weight excluding hydrogens is 184 g/mol. The Morgan fingerprint density at radius 1 is 1.69 bits per heavy atom. The van der Waals surface area contributed by atoms with Crippen LogP contribution in [0.5, 0.6) is 0 Å². The van der Waals surface area contributed by atoms with Crippen molar-refractivity contribution in [1.82, 2.24) is 10.3 Å². The number of hydrogen-bond donors (Lipinski definition) is 1. The van der Waals surface area contributed by atoms with Crippen LogP contribution < -0.4 is 5.32 Å². The van der Waals surface area contributed by atoms with Crippen LogP contribution >= 0.6 is 11.3 Å². The predicted octanol–water partition coefficient (Wildman–Crippen LogP) is 1.60. The van der Waals surface area contributed by atoms with E-state index in [1.54, 1.807) is 16.8 Å². The standard InChI is InChI=1S/C9H14N2OS/c1-2-5-10-9(12)4-3-8-6-13-7-11-8/h6-7H,2-5H2,1H3,(H,10,12). The maximum Gasteiger partial charge on any atom is 0.220 e. The van der Waals surface area contributed by atoms with Crippen molar-refractivity contribution in [1.29, 1.82) is 0 Å². The van der Waals surface area contributed by atoms with E-state index in [9.17, 15) is 4.79 Å². The molecule has 13 heavy (non-hydrogen) atoms. The van der Waals surface area contributed by atoms with Gasteiger partial charge in [-0.1, -0.05) is 6.92 Å². The van der Waals surface area contributed by atoms with Crippen LogP contribution in [0.15, 0.2) is 10.9 Å². The monoisotopic (exact) mass is 198 g/mol. The average Bonchev–Trinajstić information content (AvgIpc) is 2.64. The zero-order chi connectivity index (χ0) is 9.52. The highest BCUT2D eigenvalue weighted by Crippen LogP contribution is 2.03. The third-order valence-electron chi connectivity index (χ3n) is 1.66. The van der Waals surface area contributed by atoms with E-state index in [2.05, 4.69) is 10.3 Å². The Balaban J connectivity index is 2.15. The normalized spacial score (nSPS) is 9.92. The summed E-state index contributed by atoms with van der Waals surface area (Å²) in [5, 5.41) is 4.81. The van der Waals surface area contributed by atoms with Gasteiger partial charge < -0.3 is 5.32 Å². The van der Waals surface area contributed by atoms with Gasteiger partial charge in [0.25, 0.3) is 0 Å². The minimum absolute atomic E-state index is 0.120. The summed E-state index contributed by atoms with van der Waals surface area (Å²) >= 11 is 1.57. The lowest BCUT2D eigenvalue weighted by molar-refractivity contribution is -0.121. The van der Waals surface area contributed by atoms with Gasteiger partial charge in [-0.25, -0.2) is 4.98 Å². The number of aryl methyl sites for hydroxylation is 1. The van der Waals surface area contributed by atoms with Crippen LogP contribution in [0, 0.1) is 0 Å². The number of amides is 1. The van der Waals surface area contributed by atoms with Gasteiger partial charge in [0.15, 0.2) is 0 Å². The predicted molar refractivity (Wildman–Crippen MR) is 53.7 cm³/mol. The number of carbonyl (C=O) groups excluding carboxylic acids is 1. The van der Waals surface area contributed by atoms with Crippen molar-refractivity contribution in [3.8, 4) is 0 Å². The van der Waals surface area contributed by atoms with E-state index in [0.29, 0.717) is 6.42 Å².